The van der Waals surface area contributed by atoms with E-state index in [2.05, 4.69) is 21.2 Å². The first-order chi connectivity index (χ1) is 6.23. The van der Waals surface area contributed by atoms with Crippen LogP contribution in [0, 0.1) is 0 Å². The Kier molecular flexibility index (Phi) is 5.08. The standard InChI is InChI=1S/C8H16BrNO3S/c1-8(2,14(3,12)13)7(11)10-6-4-5-9/h4-6H2,1-3H3,(H,10,11). The van der Waals surface area contributed by atoms with Gasteiger partial charge in [-0.25, -0.2) is 8.42 Å². The maximum atomic E-state index is 11.5. The number of halogens is 1. The zero-order chi connectivity index (χ0) is 11.4. The van der Waals surface area contributed by atoms with Crippen molar-refractivity contribution in [1.82, 2.24) is 5.32 Å². The highest BCUT2D eigenvalue weighted by Gasteiger charge is 2.37. The molecule has 0 atom stereocenters. The Balaban J connectivity index is 4.39. The summed E-state index contributed by atoms with van der Waals surface area (Å²) in [6.45, 7) is 3.31. The van der Waals surface area contributed by atoms with Crippen molar-refractivity contribution in [3.63, 3.8) is 0 Å². The van der Waals surface area contributed by atoms with Crippen LogP contribution in [0.4, 0.5) is 0 Å². The largest absolute Gasteiger partial charge is 0.355 e. The summed E-state index contributed by atoms with van der Waals surface area (Å²) in [5.41, 5.74) is 0. The molecule has 0 aliphatic carbocycles. The van der Waals surface area contributed by atoms with E-state index in [1.54, 1.807) is 0 Å². The van der Waals surface area contributed by atoms with E-state index in [9.17, 15) is 13.2 Å². The number of sulfone groups is 1. The molecule has 0 aromatic rings. The van der Waals surface area contributed by atoms with Gasteiger partial charge in [0.15, 0.2) is 9.84 Å². The van der Waals surface area contributed by atoms with Gasteiger partial charge in [0.2, 0.25) is 5.91 Å². The van der Waals surface area contributed by atoms with Crippen LogP contribution in [0.25, 0.3) is 0 Å². The molecule has 1 amide bonds. The molecule has 84 valence electrons. The van der Waals surface area contributed by atoms with Crippen molar-refractivity contribution >= 4 is 31.7 Å². The fourth-order valence-corrected chi connectivity index (χ4v) is 1.34. The quantitative estimate of drug-likeness (QED) is 0.598. The molecule has 0 heterocycles. The second-order valence-corrected chi connectivity index (χ2v) is 6.94. The molecular formula is C8H16BrNO3S. The number of carbonyl (C=O) groups is 1. The smallest absolute Gasteiger partial charge is 0.240 e. The highest BCUT2D eigenvalue weighted by Crippen LogP contribution is 2.14. The summed E-state index contributed by atoms with van der Waals surface area (Å²) >= 11 is 3.22. The number of rotatable bonds is 5. The predicted octanol–water partition coefficient (Wildman–Crippen LogP) is 0.711. The Morgan fingerprint density at radius 2 is 1.93 bits per heavy atom. The van der Waals surface area contributed by atoms with Crippen molar-refractivity contribution in [3.05, 3.63) is 0 Å². The number of hydrogen-bond acceptors (Lipinski definition) is 3. The maximum Gasteiger partial charge on any atom is 0.240 e. The molecule has 0 spiro atoms. The number of hydrogen-bond donors (Lipinski definition) is 1. The van der Waals surface area contributed by atoms with E-state index in [1.165, 1.54) is 13.8 Å². The molecule has 0 saturated heterocycles. The summed E-state index contributed by atoms with van der Waals surface area (Å²) in [6, 6.07) is 0. The van der Waals surface area contributed by atoms with Gasteiger partial charge < -0.3 is 5.32 Å². The molecule has 0 aromatic heterocycles. The molecular weight excluding hydrogens is 270 g/mol. The fourth-order valence-electron chi connectivity index (χ4n) is 0.650. The van der Waals surface area contributed by atoms with Gasteiger partial charge in [-0.2, -0.15) is 0 Å². The lowest BCUT2D eigenvalue weighted by molar-refractivity contribution is -0.122. The van der Waals surface area contributed by atoms with Crippen LogP contribution in [-0.4, -0.2) is 37.2 Å². The normalized spacial score (nSPS) is 12.6. The lowest BCUT2D eigenvalue weighted by Crippen LogP contribution is -2.47. The first kappa shape index (κ1) is 13.9. The lowest BCUT2D eigenvalue weighted by Gasteiger charge is -2.21. The molecule has 0 aliphatic heterocycles. The van der Waals surface area contributed by atoms with Gasteiger partial charge in [-0.3, -0.25) is 4.79 Å². The summed E-state index contributed by atoms with van der Waals surface area (Å²) in [4.78, 5) is 11.5. The minimum atomic E-state index is -3.36. The molecule has 0 unspecified atom stereocenters. The summed E-state index contributed by atoms with van der Waals surface area (Å²) in [5, 5.41) is 3.37. The highest BCUT2D eigenvalue weighted by molar-refractivity contribution is 9.09. The van der Waals surface area contributed by atoms with Crippen LogP contribution in [0.2, 0.25) is 0 Å². The topological polar surface area (TPSA) is 63.2 Å². The Bertz CT molecular complexity index is 298. The van der Waals surface area contributed by atoms with Gasteiger partial charge in [0.25, 0.3) is 0 Å². The van der Waals surface area contributed by atoms with Crippen molar-refractivity contribution in [2.75, 3.05) is 18.1 Å². The average Bonchev–Trinajstić information content (AvgIpc) is 2.02. The molecule has 4 nitrogen and oxygen atoms in total. The summed E-state index contributed by atoms with van der Waals surface area (Å²) in [5.74, 6) is -0.444. The second kappa shape index (κ2) is 5.11. The zero-order valence-electron chi connectivity index (χ0n) is 8.63. The molecule has 0 saturated carbocycles. The van der Waals surface area contributed by atoms with Crippen molar-refractivity contribution in [2.45, 2.75) is 25.0 Å². The van der Waals surface area contributed by atoms with Gasteiger partial charge in [0.05, 0.1) is 0 Å². The van der Waals surface area contributed by atoms with E-state index in [0.29, 0.717) is 6.54 Å². The number of amides is 1. The van der Waals surface area contributed by atoms with Crippen molar-refractivity contribution in [2.24, 2.45) is 0 Å². The molecule has 0 aromatic carbocycles. The van der Waals surface area contributed by atoms with Crippen molar-refractivity contribution in [1.29, 1.82) is 0 Å². The average molecular weight is 286 g/mol. The third-order valence-corrected chi connectivity index (χ3v) is 4.67. The van der Waals surface area contributed by atoms with Crippen LogP contribution in [0.3, 0.4) is 0 Å². The first-order valence-corrected chi connectivity index (χ1v) is 7.28. The third-order valence-electron chi connectivity index (χ3n) is 2.07. The monoisotopic (exact) mass is 285 g/mol. The number of alkyl halides is 1. The van der Waals surface area contributed by atoms with Gasteiger partial charge >= 0.3 is 0 Å². The maximum absolute atomic E-state index is 11.5. The van der Waals surface area contributed by atoms with E-state index in [-0.39, 0.29) is 0 Å². The van der Waals surface area contributed by atoms with Gasteiger partial charge in [0, 0.05) is 18.1 Å². The van der Waals surface area contributed by atoms with Crippen LogP contribution < -0.4 is 5.32 Å². The molecule has 0 radical (unpaired) electrons. The summed E-state index contributed by atoms with van der Waals surface area (Å²) in [6.07, 6.45) is 1.85. The lowest BCUT2D eigenvalue weighted by atomic mass is 10.2. The minimum Gasteiger partial charge on any atom is -0.355 e. The van der Waals surface area contributed by atoms with E-state index in [4.69, 9.17) is 0 Å². The van der Waals surface area contributed by atoms with Crippen LogP contribution in [-0.2, 0) is 14.6 Å². The second-order valence-electron chi connectivity index (χ2n) is 3.58. The molecule has 14 heavy (non-hydrogen) atoms. The van der Waals surface area contributed by atoms with Crippen LogP contribution >= 0.6 is 15.9 Å². The van der Waals surface area contributed by atoms with Gasteiger partial charge in [-0.15, -0.1) is 0 Å². The predicted molar refractivity (Wildman–Crippen MR) is 60.3 cm³/mol. The van der Waals surface area contributed by atoms with Crippen LogP contribution in [0.15, 0.2) is 0 Å². The summed E-state index contributed by atoms with van der Waals surface area (Å²) < 4.78 is 21.2. The Hall–Kier alpha value is -0.100. The van der Waals surface area contributed by atoms with Gasteiger partial charge in [-0.05, 0) is 20.3 Å². The first-order valence-electron chi connectivity index (χ1n) is 4.27. The number of nitrogens with one attached hydrogen (secondary N) is 1. The van der Waals surface area contributed by atoms with E-state index < -0.39 is 20.5 Å². The minimum absolute atomic E-state index is 0.444. The van der Waals surface area contributed by atoms with Crippen molar-refractivity contribution < 1.29 is 13.2 Å². The molecule has 0 fully saturated rings. The summed E-state index contributed by atoms with van der Waals surface area (Å²) in [7, 11) is -3.36. The highest BCUT2D eigenvalue weighted by atomic mass is 79.9. The number of carbonyl (C=O) groups excluding carboxylic acids is 1. The van der Waals surface area contributed by atoms with Crippen LogP contribution in [0.1, 0.15) is 20.3 Å². The Morgan fingerprint density at radius 1 is 1.43 bits per heavy atom. The molecule has 0 rings (SSSR count). The van der Waals surface area contributed by atoms with Gasteiger partial charge in [-0.1, -0.05) is 15.9 Å². The fraction of sp³-hybridized carbons (Fsp3) is 0.875. The Labute approximate surface area is 93.5 Å². The van der Waals surface area contributed by atoms with Crippen LogP contribution in [0.5, 0.6) is 0 Å². The Morgan fingerprint density at radius 3 is 2.29 bits per heavy atom. The molecule has 0 bridgehead atoms. The zero-order valence-corrected chi connectivity index (χ0v) is 11.0. The van der Waals surface area contributed by atoms with E-state index >= 15 is 0 Å². The SMILES string of the molecule is CC(C)(C(=O)NCCCBr)S(C)(=O)=O. The third kappa shape index (κ3) is 3.57. The molecule has 1 N–H and O–H groups in total. The van der Waals surface area contributed by atoms with Crippen molar-refractivity contribution in [3.8, 4) is 0 Å². The van der Waals surface area contributed by atoms with E-state index in [0.717, 1.165) is 18.0 Å². The van der Waals surface area contributed by atoms with Gasteiger partial charge in [0.1, 0.15) is 4.75 Å². The molecule has 0 aliphatic rings. The van der Waals surface area contributed by atoms with E-state index in [1.807, 2.05) is 0 Å². The molecule has 6 heteroatoms.